The van der Waals surface area contributed by atoms with E-state index < -0.39 is 0 Å². The van der Waals surface area contributed by atoms with Crippen molar-refractivity contribution in [3.05, 3.63) is 11.6 Å². The lowest BCUT2D eigenvalue weighted by Crippen LogP contribution is -2.12. The van der Waals surface area contributed by atoms with E-state index in [0.717, 1.165) is 19.5 Å². The Kier molecular flexibility index (Phi) is 2.46. The van der Waals surface area contributed by atoms with Crippen LogP contribution in [-0.2, 0) is 0 Å². The zero-order chi connectivity index (χ0) is 6.53. The lowest BCUT2D eigenvalue weighted by Gasteiger charge is -2.06. The third-order valence-corrected chi connectivity index (χ3v) is 1.38. The van der Waals surface area contributed by atoms with E-state index in [-0.39, 0.29) is 0 Å². The number of dihydropyridines is 1. The number of rotatable bonds is 2. The number of aliphatic imine (C=N–C) groups is 1. The van der Waals surface area contributed by atoms with Crippen LogP contribution < -0.4 is 5.32 Å². The van der Waals surface area contributed by atoms with Gasteiger partial charge in [-0.2, -0.15) is 0 Å². The van der Waals surface area contributed by atoms with Crippen molar-refractivity contribution in [2.75, 3.05) is 20.1 Å². The molecule has 1 rings (SSSR count). The van der Waals surface area contributed by atoms with E-state index >= 15 is 0 Å². The molecule has 0 spiro atoms. The summed E-state index contributed by atoms with van der Waals surface area (Å²) in [4.78, 5) is 4.08. The fourth-order valence-electron chi connectivity index (χ4n) is 0.899. The van der Waals surface area contributed by atoms with Gasteiger partial charge in [-0.05, 0) is 19.5 Å². The van der Waals surface area contributed by atoms with Gasteiger partial charge < -0.3 is 5.32 Å². The van der Waals surface area contributed by atoms with E-state index in [0.29, 0.717) is 0 Å². The molecule has 0 saturated heterocycles. The minimum atomic E-state index is 0.966. The molecule has 0 aromatic rings. The molecule has 0 fully saturated rings. The van der Waals surface area contributed by atoms with E-state index in [9.17, 15) is 0 Å². The number of likely N-dealkylation sites (N-methyl/N-ethyl adjacent to an activating group) is 1. The maximum Gasteiger partial charge on any atom is 0.0427 e. The summed E-state index contributed by atoms with van der Waals surface area (Å²) in [7, 11) is 1.96. The van der Waals surface area contributed by atoms with E-state index in [1.165, 1.54) is 5.57 Å². The minimum absolute atomic E-state index is 0.966. The second kappa shape index (κ2) is 3.41. The molecule has 9 heavy (non-hydrogen) atoms. The molecule has 0 aromatic heterocycles. The van der Waals surface area contributed by atoms with Crippen molar-refractivity contribution >= 4 is 6.21 Å². The van der Waals surface area contributed by atoms with Crippen LogP contribution in [0.25, 0.3) is 0 Å². The van der Waals surface area contributed by atoms with Crippen molar-refractivity contribution in [2.24, 2.45) is 4.99 Å². The van der Waals surface area contributed by atoms with Gasteiger partial charge in [-0.3, -0.25) is 4.99 Å². The summed E-state index contributed by atoms with van der Waals surface area (Å²) >= 11 is 0. The highest BCUT2D eigenvalue weighted by Crippen LogP contribution is 2.02. The lowest BCUT2D eigenvalue weighted by atomic mass is 10.1. The van der Waals surface area contributed by atoms with Gasteiger partial charge in [-0.15, -0.1) is 0 Å². The molecule has 0 radical (unpaired) electrons. The van der Waals surface area contributed by atoms with Crippen LogP contribution in [0.5, 0.6) is 0 Å². The SMILES string of the molecule is CNCC1=CC=NCC1. The number of nitrogens with one attached hydrogen (secondary N) is 1. The second-order valence-corrected chi connectivity index (χ2v) is 2.16. The van der Waals surface area contributed by atoms with Crippen molar-refractivity contribution in [1.29, 1.82) is 0 Å². The zero-order valence-corrected chi connectivity index (χ0v) is 5.72. The summed E-state index contributed by atoms with van der Waals surface area (Å²) in [5.41, 5.74) is 1.45. The van der Waals surface area contributed by atoms with Crippen LogP contribution in [0.2, 0.25) is 0 Å². The number of nitrogens with zero attached hydrogens (tertiary/aromatic N) is 1. The first kappa shape index (κ1) is 6.49. The van der Waals surface area contributed by atoms with E-state index in [4.69, 9.17) is 0 Å². The zero-order valence-electron chi connectivity index (χ0n) is 5.72. The standard InChI is InChI=1S/C7H12N2/c1-8-6-7-2-4-9-5-3-7/h2,4,8H,3,5-6H2,1H3. The molecule has 1 aliphatic heterocycles. The molecular formula is C7H12N2. The van der Waals surface area contributed by atoms with Crippen LogP contribution in [0.4, 0.5) is 0 Å². The van der Waals surface area contributed by atoms with Crippen LogP contribution in [0.3, 0.4) is 0 Å². The molecule has 0 unspecified atom stereocenters. The largest absolute Gasteiger partial charge is 0.316 e. The van der Waals surface area contributed by atoms with Gasteiger partial charge in [0.2, 0.25) is 0 Å². The number of allylic oxidation sites excluding steroid dienone is 1. The average molecular weight is 124 g/mol. The summed E-state index contributed by atoms with van der Waals surface area (Å²) in [6.07, 6.45) is 5.09. The third-order valence-electron chi connectivity index (χ3n) is 1.38. The molecule has 0 saturated carbocycles. The summed E-state index contributed by atoms with van der Waals surface area (Å²) < 4.78 is 0. The van der Waals surface area contributed by atoms with Gasteiger partial charge in [-0.25, -0.2) is 0 Å². The van der Waals surface area contributed by atoms with Gasteiger partial charge >= 0.3 is 0 Å². The van der Waals surface area contributed by atoms with Crippen LogP contribution in [0.1, 0.15) is 6.42 Å². The molecule has 0 bridgehead atoms. The molecule has 0 atom stereocenters. The molecule has 0 aliphatic carbocycles. The number of hydrogen-bond acceptors (Lipinski definition) is 2. The predicted molar refractivity (Wildman–Crippen MR) is 40.0 cm³/mol. The Morgan fingerprint density at radius 2 is 2.67 bits per heavy atom. The van der Waals surface area contributed by atoms with Crippen molar-refractivity contribution in [2.45, 2.75) is 6.42 Å². The highest BCUT2D eigenvalue weighted by molar-refractivity contribution is 5.73. The van der Waals surface area contributed by atoms with Crippen LogP contribution in [0.15, 0.2) is 16.6 Å². The Hall–Kier alpha value is -0.630. The summed E-state index contributed by atoms with van der Waals surface area (Å²) in [5, 5.41) is 3.11. The summed E-state index contributed by atoms with van der Waals surface area (Å²) in [6, 6.07) is 0. The van der Waals surface area contributed by atoms with E-state index in [1.54, 1.807) is 0 Å². The first-order valence-corrected chi connectivity index (χ1v) is 3.26. The fraction of sp³-hybridized carbons (Fsp3) is 0.571. The third kappa shape index (κ3) is 1.98. The van der Waals surface area contributed by atoms with E-state index in [1.807, 2.05) is 13.3 Å². The van der Waals surface area contributed by atoms with Gasteiger partial charge in [0.05, 0.1) is 0 Å². The molecule has 0 amide bonds. The smallest absolute Gasteiger partial charge is 0.0427 e. The summed E-state index contributed by atoms with van der Waals surface area (Å²) in [6.45, 7) is 1.97. The van der Waals surface area contributed by atoms with Crippen molar-refractivity contribution in [3.8, 4) is 0 Å². The Morgan fingerprint density at radius 3 is 3.22 bits per heavy atom. The molecule has 1 heterocycles. The Morgan fingerprint density at radius 1 is 1.78 bits per heavy atom. The van der Waals surface area contributed by atoms with Crippen molar-refractivity contribution < 1.29 is 0 Å². The molecule has 1 N–H and O–H groups in total. The quantitative estimate of drug-likeness (QED) is 0.573. The van der Waals surface area contributed by atoms with Crippen LogP contribution in [0, 0.1) is 0 Å². The fourth-order valence-corrected chi connectivity index (χ4v) is 0.899. The maximum absolute atomic E-state index is 4.08. The van der Waals surface area contributed by atoms with Gasteiger partial charge in [0, 0.05) is 19.3 Å². The molecule has 50 valence electrons. The second-order valence-electron chi connectivity index (χ2n) is 2.16. The number of hydrogen-bond donors (Lipinski definition) is 1. The monoisotopic (exact) mass is 124 g/mol. The topological polar surface area (TPSA) is 24.4 Å². The van der Waals surface area contributed by atoms with E-state index in [2.05, 4.69) is 16.4 Å². The molecule has 2 nitrogen and oxygen atoms in total. The lowest BCUT2D eigenvalue weighted by molar-refractivity contribution is 0.814. The first-order valence-electron chi connectivity index (χ1n) is 3.26. The van der Waals surface area contributed by atoms with Gasteiger partial charge in [0.25, 0.3) is 0 Å². The first-order chi connectivity index (χ1) is 4.43. The summed E-state index contributed by atoms with van der Waals surface area (Å²) in [5.74, 6) is 0. The maximum atomic E-state index is 4.08. The molecule has 1 aliphatic rings. The molecule has 2 heteroatoms. The minimum Gasteiger partial charge on any atom is -0.316 e. The van der Waals surface area contributed by atoms with Gasteiger partial charge in [-0.1, -0.05) is 5.57 Å². The van der Waals surface area contributed by atoms with Crippen LogP contribution >= 0.6 is 0 Å². The van der Waals surface area contributed by atoms with Gasteiger partial charge in [0.1, 0.15) is 0 Å². The average Bonchev–Trinajstić information content (AvgIpc) is 1.91. The normalized spacial score (nSPS) is 17.7. The van der Waals surface area contributed by atoms with Crippen molar-refractivity contribution in [3.63, 3.8) is 0 Å². The van der Waals surface area contributed by atoms with Gasteiger partial charge in [0.15, 0.2) is 0 Å². The predicted octanol–water partition coefficient (Wildman–Crippen LogP) is 0.607. The Bertz CT molecular complexity index is 136. The highest BCUT2D eigenvalue weighted by atomic mass is 14.8. The van der Waals surface area contributed by atoms with Crippen molar-refractivity contribution in [1.82, 2.24) is 5.32 Å². The highest BCUT2D eigenvalue weighted by Gasteiger charge is 1.96. The molecular weight excluding hydrogens is 112 g/mol. The Balaban J connectivity index is 2.38. The Labute approximate surface area is 55.7 Å². The van der Waals surface area contributed by atoms with Crippen LogP contribution in [-0.4, -0.2) is 26.4 Å². The molecule has 0 aromatic carbocycles.